The lowest BCUT2D eigenvalue weighted by Crippen LogP contribution is -2.36. The van der Waals surface area contributed by atoms with Crippen LogP contribution in [0.2, 0.25) is 5.02 Å². The van der Waals surface area contributed by atoms with Crippen LogP contribution in [0.25, 0.3) is 0 Å². The van der Waals surface area contributed by atoms with Gasteiger partial charge in [-0.15, -0.1) is 0 Å². The van der Waals surface area contributed by atoms with Crippen LogP contribution in [0.4, 0.5) is 5.69 Å². The van der Waals surface area contributed by atoms with Crippen LogP contribution in [0, 0.1) is 0 Å². The van der Waals surface area contributed by atoms with Gasteiger partial charge in [0.05, 0.1) is 11.9 Å². The first kappa shape index (κ1) is 16.6. The fraction of sp³-hybridized carbons (Fsp3) is 0.714. The van der Waals surface area contributed by atoms with Crippen LogP contribution < -0.4 is 10.9 Å². The van der Waals surface area contributed by atoms with Crippen molar-refractivity contribution in [2.24, 2.45) is 0 Å². The predicted octanol–water partition coefficient (Wildman–Crippen LogP) is 2.16. The minimum atomic E-state index is -0.204. The zero-order valence-corrected chi connectivity index (χ0v) is 14.0. The Kier molecular flexibility index (Phi) is 6.86. The molecule has 0 aliphatic carbocycles. The highest BCUT2D eigenvalue weighted by Gasteiger charge is 2.11. The van der Waals surface area contributed by atoms with Crippen molar-refractivity contribution < 1.29 is 0 Å². The Morgan fingerprint density at radius 3 is 2.86 bits per heavy atom. The van der Waals surface area contributed by atoms with Crippen molar-refractivity contribution in [3.8, 4) is 0 Å². The first-order chi connectivity index (χ1) is 10.2. The van der Waals surface area contributed by atoms with Crippen LogP contribution in [-0.4, -0.2) is 52.4 Å². The van der Waals surface area contributed by atoms with Crippen LogP contribution in [0.15, 0.2) is 11.0 Å². The lowest BCUT2D eigenvalue weighted by atomic mass is 10.3. The molecule has 1 aromatic heterocycles. The number of rotatable bonds is 7. The summed E-state index contributed by atoms with van der Waals surface area (Å²) in [5, 5.41) is 7.66. The molecule has 2 heterocycles. The van der Waals surface area contributed by atoms with E-state index in [1.807, 2.05) is 11.8 Å². The molecule has 0 radical (unpaired) electrons. The average molecular weight is 331 g/mol. The fourth-order valence-electron chi connectivity index (χ4n) is 2.23. The highest BCUT2D eigenvalue weighted by molar-refractivity contribution is 7.99. The molecule has 118 valence electrons. The number of nitrogens with one attached hydrogen (secondary N) is 1. The molecule has 0 bridgehead atoms. The molecular weight excluding hydrogens is 308 g/mol. The van der Waals surface area contributed by atoms with Crippen LogP contribution in [0.1, 0.15) is 19.8 Å². The highest BCUT2D eigenvalue weighted by Crippen LogP contribution is 2.15. The lowest BCUT2D eigenvalue weighted by molar-refractivity contribution is 0.314. The fourth-order valence-corrected chi connectivity index (χ4v) is 3.42. The van der Waals surface area contributed by atoms with Crippen molar-refractivity contribution in [1.29, 1.82) is 0 Å². The second-order valence-electron chi connectivity index (χ2n) is 5.13. The van der Waals surface area contributed by atoms with Gasteiger partial charge < -0.3 is 5.32 Å². The number of anilines is 1. The maximum atomic E-state index is 12.1. The van der Waals surface area contributed by atoms with Crippen molar-refractivity contribution in [3.05, 3.63) is 21.6 Å². The van der Waals surface area contributed by atoms with E-state index in [0.29, 0.717) is 12.2 Å². The van der Waals surface area contributed by atoms with Crippen LogP contribution >= 0.6 is 23.4 Å². The number of nitrogens with zero attached hydrogens (tertiary/aromatic N) is 3. The number of unbranched alkanes of at least 4 members (excludes halogenated alkanes) is 1. The molecule has 0 saturated carbocycles. The Balaban J connectivity index is 1.88. The number of aromatic nitrogens is 2. The second-order valence-corrected chi connectivity index (χ2v) is 6.74. The van der Waals surface area contributed by atoms with Crippen molar-refractivity contribution in [3.63, 3.8) is 0 Å². The Bertz CT molecular complexity index is 502. The van der Waals surface area contributed by atoms with Gasteiger partial charge in [0.25, 0.3) is 5.56 Å². The highest BCUT2D eigenvalue weighted by atomic mass is 35.5. The summed E-state index contributed by atoms with van der Waals surface area (Å²) < 4.78 is 1.44. The predicted molar refractivity (Wildman–Crippen MR) is 90.7 cm³/mol. The molecule has 5 nitrogen and oxygen atoms in total. The summed E-state index contributed by atoms with van der Waals surface area (Å²) in [6.45, 7) is 6.73. The van der Waals surface area contributed by atoms with Crippen molar-refractivity contribution >= 4 is 29.1 Å². The third-order valence-corrected chi connectivity index (χ3v) is 4.86. The van der Waals surface area contributed by atoms with E-state index in [1.165, 1.54) is 16.2 Å². The van der Waals surface area contributed by atoms with Gasteiger partial charge in [-0.3, -0.25) is 9.69 Å². The molecule has 0 unspecified atom stereocenters. The number of thioether (sulfide) groups is 1. The molecule has 0 atom stereocenters. The van der Waals surface area contributed by atoms with E-state index in [0.717, 1.165) is 39.0 Å². The molecule has 7 heteroatoms. The Morgan fingerprint density at radius 1 is 1.38 bits per heavy atom. The van der Waals surface area contributed by atoms with Crippen LogP contribution in [0.3, 0.4) is 0 Å². The normalized spacial score (nSPS) is 16.1. The minimum Gasteiger partial charge on any atom is -0.381 e. The van der Waals surface area contributed by atoms with Gasteiger partial charge in [-0.2, -0.15) is 16.9 Å². The zero-order chi connectivity index (χ0) is 15.1. The molecule has 0 aromatic carbocycles. The SMILES string of the molecule is CCCCn1ncc(NCCN2CCSCC2)c(Cl)c1=O. The largest absolute Gasteiger partial charge is 0.381 e. The maximum absolute atomic E-state index is 12.1. The van der Waals surface area contributed by atoms with Crippen molar-refractivity contribution in [1.82, 2.24) is 14.7 Å². The average Bonchev–Trinajstić information content (AvgIpc) is 2.52. The van der Waals surface area contributed by atoms with E-state index < -0.39 is 0 Å². The smallest absolute Gasteiger partial charge is 0.287 e. The van der Waals surface area contributed by atoms with Gasteiger partial charge in [0.15, 0.2) is 0 Å². The van der Waals surface area contributed by atoms with Gasteiger partial charge in [0.1, 0.15) is 5.02 Å². The molecule has 1 aromatic rings. The molecule has 1 aliphatic rings. The summed E-state index contributed by atoms with van der Waals surface area (Å²) in [6.07, 6.45) is 3.62. The van der Waals surface area contributed by atoms with Crippen LogP contribution in [0.5, 0.6) is 0 Å². The topological polar surface area (TPSA) is 50.2 Å². The third kappa shape index (κ3) is 4.90. The van der Waals surface area contributed by atoms with E-state index in [9.17, 15) is 4.79 Å². The van der Waals surface area contributed by atoms with E-state index in [1.54, 1.807) is 6.20 Å². The molecule has 1 N–H and O–H groups in total. The standard InChI is InChI=1S/C14H23ClN4OS/c1-2-3-5-19-14(20)13(15)12(11-17-19)16-4-6-18-7-9-21-10-8-18/h11,16H,2-10H2,1H3. The molecule has 1 saturated heterocycles. The van der Waals surface area contributed by atoms with Gasteiger partial charge in [-0.05, 0) is 6.42 Å². The summed E-state index contributed by atoms with van der Waals surface area (Å²) in [5.74, 6) is 2.41. The van der Waals surface area contributed by atoms with Crippen LogP contribution in [-0.2, 0) is 6.54 Å². The number of halogens is 1. The quantitative estimate of drug-likeness (QED) is 0.830. The second kappa shape index (κ2) is 8.66. The summed E-state index contributed by atoms with van der Waals surface area (Å²) in [5.41, 5.74) is 0.435. The first-order valence-corrected chi connectivity index (χ1v) is 9.05. The summed E-state index contributed by atoms with van der Waals surface area (Å²) in [4.78, 5) is 14.5. The molecule has 0 spiro atoms. The van der Waals surface area contributed by atoms with E-state index in [-0.39, 0.29) is 10.6 Å². The Morgan fingerprint density at radius 2 is 2.14 bits per heavy atom. The molecule has 21 heavy (non-hydrogen) atoms. The van der Waals surface area contributed by atoms with Gasteiger partial charge in [-0.25, -0.2) is 4.68 Å². The maximum Gasteiger partial charge on any atom is 0.287 e. The Labute approximate surface area is 135 Å². The van der Waals surface area contributed by atoms with Gasteiger partial charge in [0, 0.05) is 44.2 Å². The number of hydrogen-bond donors (Lipinski definition) is 1. The molecule has 1 fully saturated rings. The molecular formula is C14H23ClN4OS. The number of hydrogen-bond acceptors (Lipinski definition) is 5. The van der Waals surface area contributed by atoms with Gasteiger partial charge >= 0.3 is 0 Å². The summed E-state index contributed by atoms with van der Waals surface area (Å²) >= 11 is 8.15. The third-order valence-electron chi connectivity index (χ3n) is 3.56. The molecule has 1 aliphatic heterocycles. The molecule has 0 amide bonds. The molecule has 2 rings (SSSR count). The number of aryl methyl sites for hydroxylation is 1. The van der Waals surface area contributed by atoms with E-state index in [2.05, 4.69) is 22.2 Å². The monoisotopic (exact) mass is 330 g/mol. The summed E-state index contributed by atoms with van der Waals surface area (Å²) in [6, 6.07) is 0. The lowest BCUT2D eigenvalue weighted by Gasteiger charge is -2.26. The zero-order valence-electron chi connectivity index (χ0n) is 12.5. The minimum absolute atomic E-state index is 0.204. The van der Waals surface area contributed by atoms with Crippen molar-refractivity contribution in [2.45, 2.75) is 26.3 Å². The van der Waals surface area contributed by atoms with Gasteiger partial charge in [-0.1, -0.05) is 24.9 Å². The van der Waals surface area contributed by atoms with E-state index >= 15 is 0 Å². The van der Waals surface area contributed by atoms with E-state index in [4.69, 9.17) is 11.6 Å². The Hall–Kier alpha value is -0.720. The van der Waals surface area contributed by atoms with Gasteiger partial charge in [0.2, 0.25) is 0 Å². The summed E-state index contributed by atoms with van der Waals surface area (Å²) in [7, 11) is 0. The van der Waals surface area contributed by atoms with Crippen molar-refractivity contribution in [2.75, 3.05) is 43.0 Å². The first-order valence-electron chi connectivity index (χ1n) is 7.52.